The molecule has 0 aliphatic heterocycles. The molecule has 0 spiro atoms. The smallest absolute Gasteiger partial charge is 0.252 e. The van der Waals surface area contributed by atoms with Crippen LogP contribution in [-0.2, 0) is 4.79 Å². The van der Waals surface area contributed by atoms with Gasteiger partial charge in [-0.1, -0.05) is 4.48 Å². The summed E-state index contributed by atoms with van der Waals surface area (Å²) in [5, 5.41) is -0.599. The van der Waals surface area contributed by atoms with E-state index in [2.05, 4.69) is 0 Å². The third-order valence-corrected chi connectivity index (χ3v) is 1.50. The van der Waals surface area contributed by atoms with Gasteiger partial charge in [0, 0.05) is 6.92 Å². The first-order valence-electron chi connectivity index (χ1n) is 3.55. The Labute approximate surface area is 76.7 Å². The topological polar surface area (TPSA) is 20.3 Å². The van der Waals surface area contributed by atoms with Crippen LogP contribution in [0.2, 0.25) is 0 Å². The molecule has 0 atom stereocenters. The van der Waals surface area contributed by atoms with Gasteiger partial charge in [-0.05, 0) is 12.1 Å². The number of benzene rings is 1. The van der Waals surface area contributed by atoms with Gasteiger partial charge in [0.25, 0.3) is 5.91 Å². The highest BCUT2D eigenvalue weighted by molar-refractivity contribution is 5.89. The standard InChI is InChI=1S/C8H5F4NO/c1-4(14)13(12)6-3-2-5(9)7(10)8(6)11/h2-3H,1H3. The van der Waals surface area contributed by atoms with Crippen molar-refractivity contribution in [3.63, 3.8) is 0 Å². The van der Waals surface area contributed by atoms with E-state index in [1.165, 1.54) is 0 Å². The van der Waals surface area contributed by atoms with Crippen molar-refractivity contribution in [1.82, 2.24) is 0 Å². The minimum Gasteiger partial charge on any atom is -0.272 e. The van der Waals surface area contributed by atoms with Gasteiger partial charge in [-0.2, -0.15) is 0 Å². The van der Waals surface area contributed by atoms with E-state index in [4.69, 9.17) is 0 Å². The zero-order valence-corrected chi connectivity index (χ0v) is 7.02. The molecule has 0 radical (unpaired) electrons. The van der Waals surface area contributed by atoms with Crippen LogP contribution in [0, 0.1) is 17.5 Å². The Bertz CT molecular complexity index is 380. The Morgan fingerprint density at radius 1 is 1.21 bits per heavy atom. The molecule has 0 aromatic heterocycles. The second kappa shape index (κ2) is 3.65. The van der Waals surface area contributed by atoms with Gasteiger partial charge in [-0.25, -0.2) is 13.2 Å². The van der Waals surface area contributed by atoms with Gasteiger partial charge in [-0.15, -0.1) is 5.12 Å². The third kappa shape index (κ3) is 1.68. The fourth-order valence-electron chi connectivity index (χ4n) is 0.837. The van der Waals surface area contributed by atoms with Crippen LogP contribution in [-0.4, -0.2) is 5.91 Å². The fraction of sp³-hybridized carbons (Fsp3) is 0.125. The Kier molecular flexibility index (Phi) is 2.73. The number of halogens is 4. The van der Waals surface area contributed by atoms with Crippen molar-refractivity contribution in [3.05, 3.63) is 29.6 Å². The van der Waals surface area contributed by atoms with Crippen LogP contribution in [0.15, 0.2) is 12.1 Å². The second-order valence-corrected chi connectivity index (χ2v) is 2.49. The third-order valence-electron chi connectivity index (χ3n) is 1.50. The average molecular weight is 207 g/mol. The monoisotopic (exact) mass is 207 g/mol. The number of anilines is 1. The summed E-state index contributed by atoms with van der Waals surface area (Å²) in [4.78, 5) is 10.5. The second-order valence-electron chi connectivity index (χ2n) is 2.49. The van der Waals surface area contributed by atoms with Crippen molar-refractivity contribution in [3.8, 4) is 0 Å². The lowest BCUT2D eigenvalue weighted by atomic mass is 10.3. The Balaban J connectivity index is 3.24. The van der Waals surface area contributed by atoms with Gasteiger partial charge in [-0.3, -0.25) is 4.79 Å². The number of hydrogen-bond donors (Lipinski definition) is 0. The highest BCUT2D eigenvalue weighted by Gasteiger charge is 2.20. The number of carbonyl (C=O) groups excluding carboxylic acids is 1. The van der Waals surface area contributed by atoms with Crippen LogP contribution < -0.4 is 5.12 Å². The first-order valence-corrected chi connectivity index (χ1v) is 3.55. The van der Waals surface area contributed by atoms with Crippen molar-refractivity contribution >= 4 is 11.6 Å². The maximum atomic E-state index is 12.8. The van der Waals surface area contributed by atoms with Crippen LogP contribution in [0.5, 0.6) is 0 Å². The minimum atomic E-state index is -1.81. The van der Waals surface area contributed by atoms with Crippen molar-refractivity contribution in [2.24, 2.45) is 0 Å². The summed E-state index contributed by atoms with van der Waals surface area (Å²) in [6.07, 6.45) is 0. The van der Waals surface area contributed by atoms with Crippen molar-refractivity contribution in [2.75, 3.05) is 5.12 Å². The molecule has 0 fully saturated rings. The van der Waals surface area contributed by atoms with Crippen LogP contribution in [0.25, 0.3) is 0 Å². The molecule has 0 aliphatic rings. The molecule has 2 nitrogen and oxygen atoms in total. The molecular formula is C8H5F4NO. The van der Waals surface area contributed by atoms with Crippen LogP contribution >= 0.6 is 0 Å². The number of carbonyl (C=O) groups is 1. The van der Waals surface area contributed by atoms with Gasteiger partial charge in [0.15, 0.2) is 17.5 Å². The van der Waals surface area contributed by atoms with E-state index in [9.17, 15) is 22.4 Å². The molecule has 14 heavy (non-hydrogen) atoms. The predicted molar refractivity (Wildman–Crippen MR) is 40.6 cm³/mol. The van der Waals surface area contributed by atoms with Crippen molar-refractivity contribution < 1.29 is 22.4 Å². The minimum absolute atomic E-state index is 0.531. The Morgan fingerprint density at radius 2 is 1.79 bits per heavy atom. The van der Waals surface area contributed by atoms with Crippen molar-refractivity contribution in [1.29, 1.82) is 0 Å². The van der Waals surface area contributed by atoms with Gasteiger partial charge in [0.05, 0.1) is 0 Å². The van der Waals surface area contributed by atoms with E-state index in [0.717, 1.165) is 6.92 Å². The maximum Gasteiger partial charge on any atom is 0.252 e. The molecule has 6 heteroatoms. The molecule has 1 aromatic carbocycles. The molecule has 76 valence electrons. The van der Waals surface area contributed by atoms with Gasteiger partial charge >= 0.3 is 0 Å². The lowest BCUT2D eigenvalue weighted by Crippen LogP contribution is -2.19. The lowest BCUT2D eigenvalue weighted by Gasteiger charge is -2.10. The van der Waals surface area contributed by atoms with E-state index in [1.54, 1.807) is 0 Å². The first kappa shape index (κ1) is 10.5. The van der Waals surface area contributed by atoms with E-state index in [1.807, 2.05) is 0 Å². The normalized spacial score (nSPS) is 10.1. The molecule has 1 rings (SSSR count). The number of amides is 1. The summed E-state index contributed by atoms with van der Waals surface area (Å²) in [5.74, 6) is -6.12. The Morgan fingerprint density at radius 3 is 2.29 bits per heavy atom. The molecule has 1 amide bonds. The molecule has 0 N–H and O–H groups in total. The molecular weight excluding hydrogens is 202 g/mol. The van der Waals surface area contributed by atoms with Crippen LogP contribution in [0.3, 0.4) is 0 Å². The summed E-state index contributed by atoms with van der Waals surface area (Å²) in [6, 6.07) is 1.17. The average Bonchev–Trinajstić information content (AvgIpc) is 2.13. The largest absolute Gasteiger partial charge is 0.272 e. The number of nitrogens with zero attached hydrogens (tertiary/aromatic N) is 1. The van der Waals surface area contributed by atoms with Gasteiger partial charge in [0.2, 0.25) is 0 Å². The highest BCUT2D eigenvalue weighted by atomic mass is 19.2. The maximum absolute atomic E-state index is 12.8. The van der Waals surface area contributed by atoms with Gasteiger partial charge in [0.1, 0.15) is 5.69 Å². The van der Waals surface area contributed by atoms with Gasteiger partial charge < -0.3 is 0 Å². The number of hydrogen-bond acceptors (Lipinski definition) is 1. The summed E-state index contributed by atoms with van der Waals surface area (Å²) in [7, 11) is 0. The quantitative estimate of drug-likeness (QED) is 0.393. The fourth-order valence-corrected chi connectivity index (χ4v) is 0.837. The predicted octanol–water partition coefficient (Wildman–Crippen LogP) is 2.34. The molecule has 1 aromatic rings. The zero-order chi connectivity index (χ0) is 10.9. The summed E-state index contributed by atoms with van der Waals surface area (Å²) < 4.78 is 50.6. The molecule has 0 heterocycles. The van der Waals surface area contributed by atoms with Crippen molar-refractivity contribution in [2.45, 2.75) is 6.92 Å². The summed E-state index contributed by atoms with van der Waals surface area (Å²) in [5.41, 5.74) is -0.948. The Hall–Kier alpha value is -1.59. The van der Waals surface area contributed by atoms with E-state index in [0.29, 0.717) is 12.1 Å². The molecule has 0 bridgehead atoms. The van der Waals surface area contributed by atoms with E-state index >= 15 is 0 Å². The lowest BCUT2D eigenvalue weighted by molar-refractivity contribution is -0.119. The van der Waals surface area contributed by atoms with Crippen LogP contribution in [0.4, 0.5) is 23.3 Å². The summed E-state index contributed by atoms with van der Waals surface area (Å²) >= 11 is 0. The van der Waals surface area contributed by atoms with E-state index in [-0.39, 0.29) is 0 Å². The first-order chi connectivity index (χ1) is 6.45. The zero-order valence-electron chi connectivity index (χ0n) is 7.02. The highest BCUT2D eigenvalue weighted by Crippen LogP contribution is 2.23. The molecule has 0 unspecified atom stereocenters. The van der Waals surface area contributed by atoms with E-state index < -0.39 is 34.2 Å². The summed E-state index contributed by atoms with van der Waals surface area (Å²) in [6.45, 7) is 0.820. The van der Waals surface area contributed by atoms with Crippen LogP contribution in [0.1, 0.15) is 6.92 Å². The molecule has 0 aliphatic carbocycles. The SMILES string of the molecule is CC(=O)N(F)c1ccc(F)c(F)c1F. The number of rotatable bonds is 1. The molecule has 0 saturated heterocycles. The molecule has 0 saturated carbocycles.